The van der Waals surface area contributed by atoms with Crippen LogP contribution in [0.2, 0.25) is 0 Å². The summed E-state index contributed by atoms with van der Waals surface area (Å²) in [6, 6.07) is 12.7. The molecule has 0 saturated carbocycles. The molecule has 30 heavy (non-hydrogen) atoms. The van der Waals surface area contributed by atoms with Gasteiger partial charge < -0.3 is 14.7 Å². The largest absolute Gasteiger partial charge is 0.507 e. The molecular weight excluding hydrogens is 378 g/mol. The van der Waals surface area contributed by atoms with Gasteiger partial charge in [0.15, 0.2) is 0 Å². The second kappa shape index (κ2) is 8.84. The van der Waals surface area contributed by atoms with Crippen molar-refractivity contribution in [1.82, 2.24) is 4.90 Å². The van der Waals surface area contributed by atoms with Gasteiger partial charge in [0.25, 0.3) is 11.7 Å². The van der Waals surface area contributed by atoms with E-state index in [0.717, 1.165) is 22.3 Å². The zero-order chi connectivity index (χ0) is 22.0. The molecule has 5 nitrogen and oxygen atoms in total. The molecule has 0 bridgehead atoms. The second-order valence-electron chi connectivity index (χ2n) is 8.09. The number of hydrogen-bond donors (Lipinski definition) is 1. The Morgan fingerprint density at radius 2 is 1.77 bits per heavy atom. The number of Topliss-reactive ketones (excluding diaryl/α,β-unsaturated/α-hetero) is 1. The predicted molar refractivity (Wildman–Crippen MR) is 117 cm³/mol. The number of aliphatic hydroxyl groups excluding tert-OH is 1. The van der Waals surface area contributed by atoms with E-state index in [9.17, 15) is 14.7 Å². The lowest BCUT2D eigenvalue weighted by molar-refractivity contribution is -0.140. The Balaban J connectivity index is 2.16. The van der Waals surface area contributed by atoms with Crippen molar-refractivity contribution in [2.24, 2.45) is 0 Å². The fourth-order valence-electron chi connectivity index (χ4n) is 3.85. The topological polar surface area (TPSA) is 66.8 Å². The third-order valence-electron chi connectivity index (χ3n) is 5.45. The molecule has 2 aromatic rings. The number of ether oxygens (including phenoxy) is 1. The van der Waals surface area contributed by atoms with Gasteiger partial charge in [-0.25, -0.2) is 0 Å². The second-order valence-corrected chi connectivity index (χ2v) is 8.09. The van der Waals surface area contributed by atoms with Gasteiger partial charge in [-0.2, -0.15) is 0 Å². The first-order chi connectivity index (χ1) is 14.2. The lowest BCUT2D eigenvalue weighted by atomic mass is 9.91. The fourth-order valence-corrected chi connectivity index (χ4v) is 3.85. The summed E-state index contributed by atoms with van der Waals surface area (Å²) in [4.78, 5) is 27.5. The minimum atomic E-state index is -0.661. The van der Waals surface area contributed by atoms with Crippen LogP contribution in [0.15, 0.2) is 48.0 Å². The van der Waals surface area contributed by atoms with Crippen LogP contribution in [0.5, 0.6) is 0 Å². The monoisotopic (exact) mass is 407 g/mol. The van der Waals surface area contributed by atoms with Crippen LogP contribution in [-0.2, 0) is 14.3 Å². The average Bonchev–Trinajstić information content (AvgIpc) is 2.94. The van der Waals surface area contributed by atoms with Gasteiger partial charge in [0.2, 0.25) is 0 Å². The number of aliphatic hydroxyl groups is 1. The van der Waals surface area contributed by atoms with Gasteiger partial charge >= 0.3 is 0 Å². The summed E-state index contributed by atoms with van der Waals surface area (Å²) in [5.41, 5.74) is 4.29. The molecule has 158 valence electrons. The molecule has 1 unspecified atom stereocenters. The molecule has 0 spiro atoms. The highest BCUT2D eigenvalue weighted by Crippen LogP contribution is 2.40. The molecule has 1 amide bonds. The Bertz CT molecular complexity index is 1010. The standard InChI is InChI=1S/C25H29NO4/c1-15(2)30-13-12-26-22(19-9-7-6-8-17(19)4)21(24(28)25(26)29)23(27)20-14-16(3)10-11-18(20)5/h6-11,14-15,22,27H,12-13H2,1-5H3/b23-21+. The molecule has 1 saturated heterocycles. The van der Waals surface area contributed by atoms with Crippen molar-refractivity contribution in [2.75, 3.05) is 13.2 Å². The van der Waals surface area contributed by atoms with E-state index in [1.807, 2.05) is 77.1 Å². The minimum absolute atomic E-state index is 0.0219. The number of carbonyl (C=O) groups is 2. The Kier molecular flexibility index (Phi) is 6.42. The molecule has 1 aliphatic rings. The van der Waals surface area contributed by atoms with Gasteiger partial charge in [0.05, 0.1) is 24.3 Å². The van der Waals surface area contributed by atoms with E-state index < -0.39 is 17.7 Å². The number of rotatable bonds is 6. The molecule has 1 N–H and O–H groups in total. The van der Waals surface area contributed by atoms with Crippen molar-refractivity contribution in [3.05, 3.63) is 75.9 Å². The Morgan fingerprint density at radius 1 is 1.07 bits per heavy atom. The minimum Gasteiger partial charge on any atom is -0.507 e. The highest BCUT2D eigenvalue weighted by molar-refractivity contribution is 6.46. The smallest absolute Gasteiger partial charge is 0.295 e. The molecule has 1 aliphatic heterocycles. The van der Waals surface area contributed by atoms with Crippen LogP contribution in [0.25, 0.3) is 5.76 Å². The van der Waals surface area contributed by atoms with Crippen molar-refractivity contribution in [1.29, 1.82) is 0 Å². The van der Waals surface area contributed by atoms with Crippen LogP contribution in [-0.4, -0.2) is 41.0 Å². The molecule has 1 fully saturated rings. The molecule has 0 radical (unpaired) electrons. The third-order valence-corrected chi connectivity index (χ3v) is 5.45. The molecule has 1 atom stereocenters. The van der Waals surface area contributed by atoms with Gasteiger partial charge in [-0.05, 0) is 57.4 Å². The van der Waals surface area contributed by atoms with Crippen molar-refractivity contribution in [3.8, 4) is 0 Å². The number of carbonyl (C=O) groups excluding carboxylic acids is 2. The summed E-state index contributed by atoms with van der Waals surface area (Å²) in [5.74, 6) is -1.40. The lowest BCUT2D eigenvalue weighted by Gasteiger charge is -2.27. The van der Waals surface area contributed by atoms with E-state index in [1.54, 1.807) is 0 Å². The number of likely N-dealkylation sites (tertiary alicyclic amines) is 1. The summed E-state index contributed by atoms with van der Waals surface area (Å²) in [5, 5.41) is 11.2. The van der Waals surface area contributed by atoms with Crippen molar-refractivity contribution >= 4 is 17.4 Å². The number of ketones is 1. The SMILES string of the molecule is Cc1ccc(C)c(/C(O)=C2\C(=O)C(=O)N(CCOC(C)C)C2c2ccccc2C)c1. The first-order valence-corrected chi connectivity index (χ1v) is 10.3. The van der Waals surface area contributed by atoms with Crippen LogP contribution < -0.4 is 0 Å². The number of aryl methyl sites for hydroxylation is 3. The van der Waals surface area contributed by atoms with Gasteiger partial charge in [-0.15, -0.1) is 0 Å². The van der Waals surface area contributed by atoms with Gasteiger partial charge in [0.1, 0.15) is 5.76 Å². The number of nitrogens with zero attached hydrogens (tertiary/aromatic N) is 1. The lowest BCUT2D eigenvalue weighted by Crippen LogP contribution is -2.33. The van der Waals surface area contributed by atoms with Crippen LogP contribution in [0.4, 0.5) is 0 Å². The summed E-state index contributed by atoms with van der Waals surface area (Å²) in [7, 11) is 0. The summed E-state index contributed by atoms with van der Waals surface area (Å²) in [6.07, 6.45) is 0.0219. The van der Waals surface area contributed by atoms with Crippen molar-refractivity contribution in [2.45, 2.75) is 46.8 Å². The highest BCUT2D eigenvalue weighted by atomic mass is 16.5. The number of amides is 1. The summed E-state index contributed by atoms with van der Waals surface area (Å²) >= 11 is 0. The van der Waals surface area contributed by atoms with Crippen LogP contribution in [0, 0.1) is 20.8 Å². The fraction of sp³-hybridized carbons (Fsp3) is 0.360. The van der Waals surface area contributed by atoms with Gasteiger partial charge in [0, 0.05) is 12.1 Å². The molecular formula is C25H29NO4. The van der Waals surface area contributed by atoms with E-state index in [2.05, 4.69) is 0 Å². The molecule has 1 heterocycles. The predicted octanol–water partition coefficient (Wildman–Crippen LogP) is 4.46. The summed E-state index contributed by atoms with van der Waals surface area (Å²) < 4.78 is 5.63. The molecule has 2 aromatic carbocycles. The maximum Gasteiger partial charge on any atom is 0.295 e. The van der Waals surface area contributed by atoms with Crippen molar-refractivity contribution < 1.29 is 19.4 Å². The number of benzene rings is 2. The zero-order valence-corrected chi connectivity index (χ0v) is 18.2. The van der Waals surface area contributed by atoms with Crippen LogP contribution in [0.3, 0.4) is 0 Å². The van der Waals surface area contributed by atoms with Crippen LogP contribution in [0.1, 0.15) is 47.7 Å². The van der Waals surface area contributed by atoms with E-state index in [4.69, 9.17) is 4.74 Å². The van der Waals surface area contributed by atoms with Crippen LogP contribution >= 0.6 is 0 Å². The maximum atomic E-state index is 13.1. The third kappa shape index (κ3) is 4.17. The van der Waals surface area contributed by atoms with E-state index in [0.29, 0.717) is 12.2 Å². The Hall–Kier alpha value is -2.92. The normalized spacial score (nSPS) is 18.5. The van der Waals surface area contributed by atoms with Crippen molar-refractivity contribution in [3.63, 3.8) is 0 Å². The molecule has 5 heteroatoms. The van der Waals surface area contributed by atoms with E-state index >= 15 is 0 Å². The maximum absolute atomic E-state index is 13.1. The Labute approximate surface area is 178 Å². The quantitative estimate of drug-likeness (QED) is 0.436. The molecule has 0 aromatic heterocycles. The van der Waals surface area contributed by atoms with E-state index in [1.165, 1.54) is 4.90 Å². The van der Waals surface area contributed by atoms with Gasteiger partial charge in [-0.1, -0.05) is 42.0 Å². The molecule has 3 rings (SSSR count). The Morgan fingerprint density at radius 3 is 2.43 bits per heavy atom. The zero-order valence-electron chi connectivity index (χ0n) is 18.2. The van der Waals surface area contributed by atoms with E-state index in [-0.39, 0.29) is 24.0 Å². The first-order valence-electron chi connectivity index (χ1n) is 10.3. The first kappa shape index (κ1) is 21.8. The average molecular weight is 408 g/mol. The highest BCUT2D eigenvalue weighted by Gasteiger charge is 2.46. The number of hydrogen-bond acceptors (Lipinski definition) is 4. The molecule has 0 aliphatic carbocycles. The summed E-state index contributed by atoms with van der Waals surface area (Å²) in [6.45, 7) is 10.2. The van der Waals surface area contributed by atoms with Gasteiger partial charge in [-0.3, -0.25) is 9.59 Å².